The van der Waals surface area contributed by atoms with Crippen molar-refractivity contribution < 1.29 is 9.18 Å². The van der Waals surface area contributed by atoms with Crippen LogP contribution in [0.2, 0.25) is 0 Å². The van der Waals surface area contributed by atoms with Crippen LogP contribution in [0.1, 0.15) is 20.3 Å². The Hall–Kier alpha value is -1.42. The summed E-state index contributed by atoms with van der Waals surface area (Å²) in [6.45, 7) is 4.01. The average molecular weight is 224 g/mol. The largest absolute Gasteiger partial charge is 0.325 e. The number of carbonyl (C=O) groups excluding carboxylic acids is 1. The van der Waals surface area contributed by atoms with Gasteiger partial charge in [0.25, 0.3) is 0 Å². The third-order valence-corrected chi connectivity index (χ3v) is 2.17. The number of carbonyl (C=O) groups is 1. The summed E-state index contributed by atoms with van der Waals surface area (Å²) in [4.78, 5) is 11.6. The predicted molar refractivity (Wildman–Crippen MR) is 62.5 cm³/mol. The van der Waals surface area contributed by atoms with E-state index in [1.54, 1.807) is 0 Å². The standard InChI is InChI=1S/C12H17FN2O/c1-8(2)7-11(14)12(16)15-10-5-3-9(13)4-6-10/h3-6,8,11H,7,14H2,1-2H3,(H,15,16)/t11-/m0/s1. The van der Waals surface area contributed by atoms with Crippen LogP contribution in [0.3, 0.4) is 0 Å². The molecule has 0 aromatic heterocycles. The van der Waals surface area contributed by atoms with Gasteiger partial charge in [-0.2, -0.15) is 0 Å². The lowest BCUT2D eigenvalue weighted by Gasteiger charge is -2.14. The Morgan fingerprint density at radius 1 is 1.38 bits per heavy atom. The second kappa shape index (κ2) is 5.61. The van der Waals surface area contributed by atoms with Crippen LogP contribution in [0.25, 0.3) is 0 Å². The van der Waals surface area contributed by atoms with Crippen molar-refractivity contribution in [1.82, 2.24) is 0 Å². The highest BCUT2D eigenvalue weighted by molar-refractivity contribution is 5.94. The van der Waals surface area contributed by atoms with E-state index >= 15 is 0 Å². The van der Waals surface area contributed by atoms with E-state index in [1.807, 2.05) is 13.8 Å². The highest BCUT2D eigenvalue weighted by Crippen LogP contribution is 2.10. The molecule has 0 saturated carbocycles. The Morgan fingerprint density at radius 2 is 1.94 bits per heavy atom. The van der Waals surface area contributed by atoms with Gasteiger partial charge in [0.05, 0.1) is 6.04 Å². The molecule has 16 heavy (non-hydrogen) atoms. The Kier molecular flexibility index (Phi) is 4.43. The Bertz CT molecular complexity index is 349. The molecule has 3 N–H and O–H groups in total. The van der Waals surface area contributed by atoms with E-state index in [9.17, 15) is 9.18 Å². The summed E-state index contributed by atoms with van der Waals surface area (Å²) in [6.07, 6.45) is 0.632. The summed E-state index contributed by atoms with van der Waals surface area (Å²) in [5, 5.41) is 2.64. The van der Waals surface area contributed by atoms with Gasteiger partial charge in [0.2, 0.25) is 5.91 Å². The quantitative estimate of drug-likeness (QED) is 0.823. The summed E-state index contributed by atoms with van der Waals surface area (Å²) in [5.41, 5.74) is 6.27. The molecule has 1 aromatic rings. The summed E-state index contributed by atoms with van der Waals surface area (Å²) in [5.74, 6) is -0.196. The SMILES string of the molecule is CC(C)C[C@H](N)C(=O)Nc1ccc(F)cc1. The summed E-state index contributed by atoms with van der Waals surface area (Å²) >= 11 is 0. The van der Waals surface area contributed by atoms with Gasteiger partial charge < -0.3 is 11.1 Å². The van der Waals surface area contributed by atoms with Gasteiger partial charge in [-0.3, -0.25) is 4.79 Å². The molecule has 0 saturated heterocycles. The molecule has 0 unspecified atom stereocenters. The molecule has 0 aliphatic rings. The van der Waals surface area contributed by atoms with Gasteiger partial charge >= 0.3 is 0 Å². The zero-order valence-corrected chi connectivity index (χ0v) is 9.53. The third kappa shape index (κ3) is 3.98. The predicted octanol–water partition coefficient (Wildman–Crippen LogP) is 2.14. The fraction of sp³-hybridized carbons (Fsp3) is 0.417. The van der Waals surface area contributed by atoms with Crippen LogP contribution >= 0.6 is 0 Å². The van der Waals surface area contributed by atoms with Crippen LogP contribution in [0.5, 0.6) is 0 Å². The van der Waals surface area contributed by atoms with Gasteiger partial charge in [0.15, 0.2) is 0 Å². The van der Waals surface area contributed by atoms with Gasteiger partial charge in [-0.15, -0.1) is 0 Å². The monoisotopic (exact) mass is 224 g/mol. The van der Waals surface area contributed by atoms with Crippen molar-refractivity contribution in [3.05, 3.63) is 30.1 Å². The highest BCUT2D eigenvalue weighted by atomic mass is 19.1. The maximum Gasteiger partial charge on any atom is 0.241 e. The van der Waals surface area contributed by atoms with E-state index in [4.69, 9.17) is 5.73 Å². The number of anilines is 1. The van der Waals surface area contributed by atoms with E-state index in [0.29, 0.717) is 18.0 Å². The molecule has 1 aromatic carbocycles. The molecule has 88 valence electrons. The van der Waals surface area contributed by atoms with Crippen LogP contribution < -0.4 is 11.1 Å². The summed E-state index contributed by atoms with van der Waals surface area (Å²) in [7, 11) is 0. The molecular formula is C12H17FN2O. The molecule has 1 rings (SSSR count). The molecule has 0 bridgehead atoms. The minimum Gasteiger partial charge on any atom is -0.325 e. The maximum atomic E-state index is 12.6. The van der Waals surface area contributed by atoms with E-state index in [2.05, 4.69) is 5.32 Å². The van der Waals surface area contributed by atoms with E-state index in [1.165, 1.54) is 24.3 Å². The molecule has 1 amide bonds. The zero-order valence-electron chi connectivity index (χ0n) is 9.53. The van der Waals surface area contributed by atoms with Crippen molar-refractivity contribution >= 4 is 11.6 Å². The van der Waals surface area contributed by atoms with Crippen LogP contribution in [0.15, 0.2) is 24.3 Å². The molecule has 0 radical (unpaired) electrons. The van der Waals surface area contributed by atoms with Crippen LogP contribution in [-0.4, -0.2) is 11.9 Å². The minimum absolute atomic E-state index is 0.236. The third-order valence-electron chi connectivity index (χ3n) is 2.17. The molecule has 0 spiro atoms. The van der Waals surface area contributed by atoms with Crippen molar-refractivity contribution in [1.29, 1.82) is 0 Å². The van der Waals surface area contributed by atoms with Crippen molar-refractivity contribution in [2.75, 3.05) is 5.32 Å². The molecule has 0 heterocycles. The lowest BCUT2D eigenvalue weighted by molar-refractivity contribution is -0.117. The summed E-state index contributed by atoms with van der Waals surface area (Å²) < 4.78 is 12.6. The first-order valence-corrected chi connectivity index (χ1v) is 5.31. The number of benzene rings is 1. The first-order valence-electron chi connectivity index (χ1n) is 5.31. The number of hydrogen-bond acceptors (Lipinski definition) is 2. The van der Waals surface area contributed by atoms with Crippen molar-refractivity contribution in [2.24, 2.45) is 11.7 Å². The molecule has 4 heteroatoms. The van der Waals surface area contributed by atoms with E-state index in [0.717, 1.165) is 0 Å². The van der Waals surface area contributed by atoms with Crippen molar-refractivity contribution in [3.8, 4) is 0 Å². The van der Waals surface area contributed by atoms with Gasteiger partial charge in [-0.05, 0) is 36.6 Å². The topological polar surface area (TPSA) is 55.1 Å². The smallest absolute Gasteiger partial charge is 0.241 e. The van der Waals surface area contributed by atoms with Crippen molar-refractivity contribution in [3.63, 3.8) is 0 Å². The molecule has 1 atom stereocenters. The first-order chi connectivity index (χ1) is 7.49. The zero-order chi connectivity index (χ0) is 12.1. The second-order valence-corrected chi connectivity index (χ2v) is 4.23. The van der Waals surface area contributed by atoms with E-state index < -0.39 is 6.04 Å². The van der Waals surface area contributed by atoms with E-state index in [-0.39, 0.29) is 11.7 Å². The van der Waals surface area contributed by atoms with Crippen LogP contribution in [0.4, 0.5) is 10.1 Å². The Morgan fingerprint density at radius 3 is 2.44 bits per heavy atom. The minimum atomic E-state index is -0.523. The van der Waals surface area contributed by atoms with Gasteiger partial charge in [0.1, 0.15) is 5.82 Å². The molecule has 0 fully saturated rings. The van der Waals surface area contributed by atoms with Gasteiger partial charge in [0, 0.05) is 5.69 Å². The molecule has 3 nitrogen and oxygen atoms in total. The maximum absolute atomic E-state index is 12.6. The molecular weight excluding hydrogens is 207 g/mol. The number of nitrogens with two attached hydrogens (primary N) is 1. The van der Waals surface area contributed by atoms with Crippen molar-refractivity contribution in [2.45, 2.75) is 26.3 Å². The van der Waals surface area contributed by atoms with Crippen LogP contribution in [-0.2, 0) is 4.79 Å². The normalized spacial score (nSPS) is 12.6. The lowest BCUT2D eigenvalue weighted by Crippen LogP contribution is -2.36. The van der Waals surface area contributed by atoms with Crippen LogP contribution in [0, 0.1) is 11.7 Å². The number of halogens is 1. The fourth-order valence-electron chi connectivity index (χ4n) is 1.38. The molecule has 0 aliphatic heterocycles. The first kappa shape index (κ1) is 12.6. The Balaban J connectivity index is 2.54. The van der Waals surface area contributed by atoms with Gasteiger partial charge in [-0.25, -0.2) is 4.39 Å². The number of rotatable bonds is 4. The highest BCUT2D eigenvalue weighted by Gasteiger charge is 2.14. The second-order valence-electron chi connectivity index (χ2n) is 4.23. The number of nitrogens with one attached hydrogen (secondary N) is 1. The summed E-state index contributed by atoms with van der Waals surface area (Å²) in [6, 6.07) is 5.09. The lowest BCUT2D eigenvalue weighted by atomic mass is 10.0. The number of amides is 1. The molecule has 0 aliphatic carbocycles. The van der Waals surface area contributed by atoms with Gasteiger partial charge in [-0.1, -0.05) is 13.8 Å². The number of hydrogen-bond donors (Lipinski definition) is 2. The fourth-order valence-corrected chi connectivity index (χ4v) is 1.38. The average Bonchev–Trinajstić information content (AvgIpc) is 2.20. The Labute approximate surface area is 94.8 Å².